The predicted molar refractivity (Wildman–Crippen MR) is 39.8 cm³/mol. The number of hydrogen-bond acceptors (Lipinski definition) is 4. The standard InChI is InChI=1S/C7H16O4/c1-4-9-7(8,10-5-2)11-6-3/h8H,4-6H2,1-3H3. The summed E-state index contributed by atoms with van der Waals surface area (Å²) in [4.78, 5) is 0. The summed E-state index contributed by atoms with van der Waals surface area (Å²) < 4.78 is 14.5. The van der Waals surface area contributed by atoms with E-state index in [1.807, 2.05) is 0 Å². The van der Waals surface area contributed by atoms with Crippen LogP contribution in [0.15, 0.2) is 0 Å². The molecular formula is C7H16O4. The molecule has 0 spiro atoms. The van der Waals surface area contributed by atoms with Crippen molar-refractivity contribution in [2.45, 2.75) is 26.9 Å². The maximum Gasteiger partial charge on any atom is 0.410 e. The van der Waals surface area contributed by atoms with Crippen LogP contribution in [-0.4, -0.2) is 31.1 Å². The first-order chi connectivity index (χ1) is 5.18. The van der Waals surface area contributed by atoms with Gasteiger partial charge in [0.1, 0.15) is 0 Å². The summed E-state index contributed by atoms with van der Waals surface area (Å²) in [7, 11) is 0. The molecule has 0 saturated carbocycles. The highest BCUT2D eigenvalue weighted by atomic mass is 17.0. The number of hydrogen-bond donors (Lipinski definition) is 1. The molecule has 0 atom stereocenters. The molecule has 0 rings (SSSR count). The lowest BCUT2D eigenvalue weighted by molar-refractivity contribution is -0.482. The average molecular weight is 164 g/mol. The van der Waals surface area contributed by atoms with E-state index in [0.717, 1.165) is 0 Å². The Labute approximate surface area is 67.1 Å². The summed E-state index contributed by atoms with van der Waals surface area (Å²) in [6.07, 6.45) is -1.85. The molecule has 1 N–H and O–H groups in total. The van der Waals surface area contributed by atoms with Crippen LogP contribution in [0.1, 0.15) is 20.8 Å². The van der Waals surface area contributed by atoms with E-state index in [0.29, 0.717) is 19.8 Å². The van der Waals surface area contributed by atoms with Gasteiger partial charge in [0.15, 0.2) is 0 Å². The summed E-state index contributed by atoms with van der Waals surface area (Å²) >= 11 is 0. The lowest BCUT2D eigenvalue weighted by Gasteiger charge is -2.25. The third kappa shape index (κ3) is 4.31. The molecule has 0 saturated heterocycles. The van der Waals surface area contributed by atoms with E-state index in [2.05, 4.69) is 0 Å². The Morgan fingerprint density at radius 1 is 0.909 bits per heavy atom. The maximum absolute atomic E-state index is 9.34. The third-order valence-corrected chi connectivity index (χ3v) is 0.980. The second kappa shape index (κ2) is 5.49. The molecule has 11 heavy (non-hydrogen) atoms. The van der Waals surface area contributed by atoms with E-state index in [1.165, 1.54) is 0 Å². The molecule has 0 bridgehead atoms. The largest absolute Gasteiger partial charge is 0.410 e. The minimum absolute atomic E-state index is 0.344. The van der Waals surface area contributed by atoms with Crippen LogP contribution in [0.3, 0.4) is 0 Å². The van der Waals surface area contributed by atoms with E-state index >= 15 is 0 Å². The van der Waals surface area contributed by atoms with Crippen LogP contribution < -0.4 is 0 Å². The third-order valence-electron chi connectivity index (χ3n) is 0.980. The SMILES string of the molecule is CCOC(O)(OCC)OCC. The Bertz CT molecular complexity index is 77.4. The van der Waals surface area contributed by atoms with Crippen molar-refractivity contribution < 1.29 is 19.3 Å². The molecule has 0 amide bonds. The summed E-state index contributed by atoms with van der Waals surface area (Å²) in [5.41, 5.74) is 0. The van der Waals surface area contributed by atoms with Gasteiger partial charge in [0.25, 0.3) is 0 Å². The molecule has 0 aromatic rings. The van der Waals surface area contributed by atoms with Gasteiger partial charge in [-0.05, 0) is 20.8 Å². The van der Waals surface area contributed by atoms with Gasteiger partial charge < -0.3 is 19.3 Å². The normalized spacial score (nSPS) is 12.0. The first kappa shape index (κ1) is 10.8. The first-order valence-corrected chi connectivity index (χ1v) is 3.82. The molecule has 0 aromatic heterocycles. The van der Waals surface area contributed by atoms with Gasteiger partial charge in [0.05, 0.1) is 19.8 Å². The Balaban J connectivity index is 3.79. The molecule has 4 nitrogen and oxygen atoms in total. The quantitative estimate of drug-likeness (QED) is 0.587. The zero-order valence-electron chi connectivity index (χ0n) is 7.29. The molecule has 0 unspecified atom stereocenters. The second-order valence-electron chi connectivity index (χ2n) is 1.82. The van der Waals surface area contributed by atoms with E-state index in [4.69, 9.17) is 14.2 Å². The summed E-state index contributed by atoms with van der Waals surface area (Å²) in [6.45, 7) is 6.29. The van der Waals surface area contributed by atoms with E-state index in [-0.39, 0.29) is 0 Å². The number of rotatable bonds is 6. The van der Waals surface area contributed by atoms with Gasteiger partial charge in [-0.15, -0.1) is 0 Å². The fourth-order valence-corrected chi connectivity index (χ4v) is 0.672. The molecule has 0 aliphatic rings. The van der Waals surface area contributed by atoms with Crippen LogP contribution in [0, 0.1) is 0 Å². The van der Waals surface area contributed by atoms with Crippen molar-refractivity contribution in [3.63, 3.8) is 0 Å². The Hall–Kier alpha value is -0.160. The second-order valence-corrected chi connectivity index (χ2v) is 1.82. The van der Waals surface area contributed by atoms with Gasteiger partial charge in [-0.1, -0.05) is 0 Å². The highest BCUT2D eigenvalue weighted by molar-refractivity contribution is 4.34. The molecule has 0 aromatic carbocycles. The van der Waals surface area contributed by atoms with Crippen LogP contribution in [0.25, 0.3) is 0 Å². The molecule has 0 radical (unpaired) electrons. The topological polar surface area (TPSA) is 47.9 Å². The Morgan fingerprint density at radius 2 is 1.18 bits per heavy atom. The Morgan fingerprint density at radius 3 is 1.36 bits per heavy atom. The monoisotopic (exact) mass is 164 g/mol. The summed E-state index contributed by atoms with van der Waals surface area (Å²) in [5.74, 6) is 0. The van der Waals surface area contributed by atoms with Crippen molar-refractivity contribution in [1.29, 1.82) is 0 Å². The van der Waals surface area contributed by atoms with Crippen molar-refractivity contribution in [1.82, 2.24) is 0 Å². The van der Waals surface area contributed by atoms with Crippen molar-refractivity contribution in [3.8, 4) is 0 Å². The average Bonchev–Trinajstić information content (AvgIpc) is 1.88. The number of ether oxygens (including phenoxy) is 3. The molecule has 68 valence electrons. The van der Waals surface area contributed by atoms with E-state index in [1.54, 1.807) is 20.8 Å². The van der Waals surface area contributed by atoms with Gasteiger partial charge in [0, 0.05) is 0 Å². The molecule has 0 fully saturated rings. The van der Waals surface area contributed by atoms with Gasteiger partial charge in [0.2, 0.25) is 0 Å². The van der Waals surface area contributed by atoms with Crippen molar-refractivity contribution in [2.75, 3.05) is 19.8 Å². The molecular weight excluding hydrogens is 148 g/mol. The van der Waals surface area contributed by atoms with E-state index in [9.17, 15) is 5.11 Å². The minimum atomic E-state index is -1.85. The highest BCUT2D eigenvalue weighted by Gasteiger charge is 2.28. The molecule has 0 aliphatic carbocycles. The smallest absolute Gasteiger partial charge is 0.319 e. The summed E-state index contributed by atoms with van der Waals surface area (Å²) in [6, 6.07) is 0. The van der Waals surface area contributed by atoms with Gasteiger partial charge >= 0.3 is 6.16 Å². The van der Waals surface area contributed by atoms with E-state index < -0.39 is 6.16 Å². The van der Waals surface area contributed by atoms with Crippen molar-refractivity contribution >= 4 is 0 Å². The molecule has 0 aliphatic heterocycles. The first-order valence-electron chi connectivity index (χ1n) is 3.82. The lowest BCUT2D eigenvalue weighted by Crippen LogP contribution is -2.39. The lowest BCUT2D eigenvalue weighted by atomic mass is 10.8. The van der Waals surface area contributed by atoms with Crippen LogP contribution in [0.4, 0.5) is 0 Å². The van der Waals surface area contributed by atoms with Crippen LogP contribution in [-0.2, 0) is 14.2 Å². The summed E-state index contributed by atoms with van der Waals surface area (Å²) in [5, 5.41) is 9.34. The molecule has 4 heteroatoms. The Kier molecular flexibility index (Phi) is 5.41. The minimum Gasteiger partial charge on any atom is -0.319 e. The van der Waals surface area contributed by atoms with Crippen LogP contribution in [0.5, 0.6) is 0 Å². The predicted octanol–water partition coefficient (Wildman–Crippen LogP) is 0.700. The highest BCUT2D eigenvalue weighted by Crippen LogP contribution is 2.10. The van der Waals surface area contributed by atoms with Crippen molar-refractivity contribution in [2.24, 2.45) is 0 Å². The van der Waals surface area contributed by atoms with Crippen LogP contribution in [0.2, 0.25) is 0 Å². The van der Waals surface area contributed by atoms with Crippen molar-refractivity contribution in [3.05, 3.63) is 0 Å². The van der Waals surface area contributed by atoms with Crippen LogP contribution >= 0.6 is 0 Å². The maximum atomic E-state index is 9.34. The molecule has 0 heterocycles. The fourth-order valence-electron chi connectivity index (χ4n) is 0.672. The zero-order chi connectivity index (χ0) is 8.74. The fraction of sp³-hybridized carbons (Fsp3) is 1.00. The van der Waals surface area contributed by atoms with Gasteiger partial charge in [-0.25, -0.2) is 0 Å². The van der Waals surface area contributed by atoms with Gasteiger partial charge in [-0.3, -0.25) is 0 Å². The zero-order valence-corrected chi connectivity index (χ0v) is 7.29. The number of aliphatic hydroxyl groups is 1. The van der Waals surface area contributed by atoms with Gasteiger partial charge in [-0.2, -0.15) is 0 Å².